The van der Waals surface area contributed by atoms with Crippen LogP contribution in [-0.2, 0) is 4.79 Å². The zero-order valence-electron chi connectivity index (χ0n) is 9.11. The number of hydrogen-bond donors (Lipinski definition) is 1. The largest absolute Gasteiger partial charge is 0.356 e. The van der Waals surface area contributed by atoms with E-state index in [1.54, 1.807) is 0 Å². The first-order valence-electron chi connectivity index (χ1n) is 5.41. The van der Waals surface area contributed by atoms with Crippen molar-refractivity contribution in [1.29, 1.82) is 0 Å². The maximum atomic E-state index is 11.5. The molecule has 1 aliphatic rings. The molecule has 0 bridgehead atoms. The van der Waals surface area contributed by atoms with Crippen LogP contribution in [0.5, 0.6) is 0 Å². The molecule has 2 nitrogen and oxygen atoms in total. The van der Waals surface area contributed by atoms with E-state index in [2.05, 4.69) is 19.2 Å². The van der Waals surface area contributed by atoms with Gasteiger partial charge in [-0.15, -0.1) is 11.6 Å². The van der Waals surface area contributed by atoms with Crippen molar-refractivity contribution >= 4 is 17.5 Å². The van der Waals surface area contributed by atoms with E-state index < -0.39 is 0 Å². The second kappa shape index (κ2) is 5.01. The van der Waals surface area contributed by atoms with Crippen LogP contribution in [0.1, 0.15) is 39.5 Å². The second-order valence-electron chi connectivity index (χ2n) is 4.79. The van der Waals surface area contributed by atoms with Gasteiger partial charge in [-0.1, -0.05) is 20.3 Å². The molecule has 1 saturated carbocycles. The Morgan fingerprint density at radius 3 is 2.57 bits per heavy atom. The molecule has 0 aromatic carbocycles. The number of halogens is 1. The highest BCUT2D eigenvalue weighted by atomic mass is 35.5. The molecule has 0 heterocycles. The molecule has 1 N–H and O–H groups in total. The van der Waals surface area contributed by atoms with Gasteiger partial charge < -0.3 is 5.32 Å². The number of alkyl halides is 1. The minimum Gasteiger partial charge on any atom is -0.356 e. The van der Waals surface area contributed by atoms with E-state index in [-0.39, 0.29) is 17.2 Å². The summed E-state index contributed by atoms with van der Waals surface area (Å²) in [5, 5.41) is 2.98. The van der Waals surface area contributed by atoms with Gasteiger partial charge in [-0.3, -0.25) is 4.79 Å². The minimum absolute atomic E-state index is 0.237. The maximum absolute atomic E-state index is 11.5. The van der Waals surface area contributed by atoms with Crippen LogP contribution >= 0.6 is 11.6 Å². The van der Waals surface area contributed by atoms with Gasteiger partial charge in [0.05, 0.1) is 0 Å². The van der Waals surface area contributed by atoms with Crippen molar-refractivity contribution in [3.05, 3.63) is 0 Å². The fourth-order valence-corrected chi connectivity index (χ4v) is 1.83. The number of unbranched alkanes of at least 4 members (excludes halogenated alkanes) is 2. The van der Waals surface area contributed by atoms with Gasteiger partial charge >= 0.3 is 0 Å². The molecule has 3 heteroatoms. The molecular weight excluding hydrogens is 198 g/mol. The topological polar surface area (TPSA) is 29.1 Å². The van der Waals surface area contributed by atoms with Gasteiger partial charge in [0.2, 0.25) is 5.91 Å². The van der Waals surface area contributed by atoms with Gasteiger partial charge in [-0.25, -0.2) is 0 Å². The first kappa shape index (κ1) is 11.8. The zero-order valence-corrected chi connectivity index (χ0v) is 9.86. The van der Waals surface area contributed by atoms with Crippen LogP contribution < -0.4 is 5.32 Å². The lowest BCUT2D eigenvalue weighted by Gasteiger charge is -2.05. The van der Waals surface area contributed by atoms with Gasteiger partial charge in [-0.2, -0.15) is 0 Å². The number of amides is 1. The van der Waals surface area contributed by atoms with Crippen LogP contribution in [0.3, 0.4) is 0 Å². The van der Waals surface area contributed by atoms with Crippen molar-refractivity contribution < 1.29 is 4.79 Å². The van der Waals surface area contributed by atoms with Crippen LogP contribution in [-0.4, -0.2) is 18.3 Å². The predicted octanol–water partition coefficient (Wildman–Crippen LogP) is 2.56. The SMILES string of the molecule is CC1(C)CC1C(=O)NCCCCCCl. The second-order valence-corrected chi connectivity index (χ2v) is 5.16. The lowest BCUT2D eigenvalue weighted by molar-refractivity contribution is -0.122. The smallest absolute Gasteiger partial charge is 0.223 e. The minimum atomic E-state index is 0.237. The Bertz CT molecular complexity index is 203. The summed E-state index contributed by atoms with van der Waals surface area (Å²) >= 11 is 5.55. The lowest BCUT2D eigenvalue weighted by Crippen LogP contribution is -2.27. The number of hydrogen-bond acceptors (Lipinski definition) is 1. The molecule has 0 radical (unpaired) electrons. The summed E-state index contributed by atoms with van der Waals surface area (Å²) in [4.78, 5) is 11.5. The number of carbonyl (C=O) groups excluding carboxylic acids is 1. The quantitative estimate of drug-likeness (QED) is 0.538. The van der Waals surface area contributed by atoms with E-state index in [9.17, 15) is 4.79 Å². The molecule has 1 amide bonds. The third-order valence-electron chi connectivity index (χ3n) is 2.94. The monoisotopic (exact) mass is 217 g/mol. The first-order chi connectivity index (χ1) is 6.58. The Morgan fingerprint density at radius 2 is 2.07 bits per heavy atom. The van der Waals surface area contributed by atoms with Gasteiger partial charge in [-0.05, 0) is 24.7 Å². The maximum Gasteiger partial charge on any atom is 0.223 e. The molecule has 1 fully saturated rings. The molecule has 1 rings (SSSR count). The molecule has 1 unspecified atom stereocenters. The molecule has 82 valence electrons. The Morgan fingerprint density at radius 1 is 1.43 bits per heavy atom. The normalized spacial score (nSPS) is 23.2. The molecular formula is C11H20ClNO. The zero-order chi connectivity index (χ0) is 10.6. The fourth-order valence-electron chi connectivity index (χ4n) is 1.65. The Labute approximate surface area is 91.4 Å². The number of carbonyl (C=O) groups is 1. The predicted molar refractivity (Wildman–Crippen MR) is 59.5 cm³/mol. The van der Waals surface area contributed by atoms with Crippen molar-refractivity contribution in [3.8, 4) is 0 Å². The van der Waals surface area contributed by atoms with E-state index in [1.165, 1.54) is 0 Å². The third-order valence-corrected chi connectivity index (χ3v) is 3.21. The van der Waals surface area contributed by atoms with Crippen molar-refractivity contribution in [3.63, 3.8) is 0 Å². The van der Waals surface area contributed by atoms with E-state index in [0.29, 0.717) is 0 Å². The van der Waals surface area contributed by atoms with E-state index in [0.717, 1.165) is 38.1 Å². The number of rotatable bonds is 6. The standard InChI is InChI=1S/C11H20ClNO/c1-11(2)8-9(11)10(14)13-7-5-3-4-6-12/h9H,3-8H2,1-2H3,(H,13,14). The highest BCUT2D eigenvalue weighted by Gasteiger charge is 2.50. The fraction of sp³-hybridized carbons (Fsp3) is 0.909. The average molecular weight is 218 g/mol. The molecule has 1 aliphatic carbocycles. The van der Waals surface area contributed by atoms with E-state index in [1.807, 2.05) is 0 Å². The van der Waals surface area contributed by atoms with Gasteiger partial charge in [0.1, 0.15) is 0 Å². The lowest BCUT2D eigenvalue weighted by atomic mass is 10.1. The summed E-state index contributed by atoms with van der Waals surface area (Å²) in [7, 11) is 0. The Hall–Kier alpha value is -0.240. The number of nitrogens with one attached hydrogen (secondary N) is 1. The van der Waals surface area contributed by atoms with Gasteiger partial charge in [0.15, 0.2) is 0 Å². The first-order valence-corrected chi connectivity index (χ1v) is 5.95. The molecule has 0 aliphatic heterocycles. The summed E-state index contributed by atoms with van der Waals surface area (Å²) < 4.78 is 0. The van der Waals surface area contributed by atoms with Crippen LogP contribution in [0.4, 0.5) is 0 Å². The Kier molecular flexibility index (Phi) is 4.24. The van der Waals surface area contributed by atoms with Crippen LogP contribution in [0.15, 0.2) is 0 Å². The molecule has 1 atom stereocenters. The van der Waals surface area contributed by atoms with Crippen molar-refractivity contribution in [2.45, 2.75) is 39.5 Å². The highest BCUT2D eigenvalue weighted by Crippen LogP contribution is 2.51. The molecule has 14 heavy (non-hydrogen) atoms. The van der Waals surface area contributed by atoms with Crippen molar-refractivity contribution in [2.75, 3.05) is 12.4 Å². The summed E-state index contributed by atoms with van der Waals surface area (Å²) in [6.07, 6.45) is 4.25. The molecule has 0 spiro atoms. The summed E-state index contributed by atoms with van der Waals surface area (Å²) in [6.45, 7) is 5.10. The molecule has 0 aromatic heterocycles. The Balaban J connectivity index is 2.00. The summed E-state index contributed by atoms with van der Waals surface area (Å²) in [5.74, 6) is 1.22. The molecule has 0 saturated heterocycles. The third kappa shape index (κ3) is 3.49. The van der Waals surface area contributed by atoms with Gasteiger partial charge in [0.25, 0.3) is 0 Å². The van der Waals surface area contributed by atoms with E-state index >= 15 is 0 Å². The van der Waals surface area contributed by atoms with Crippen molar-refractivity contribution in [1.82, 2.24) is 5.32 Å². The van der Waals surface area contributed by atoms with Crippen LogP contribution in [0.25, 0.3) is 0 Å². The molecule has 0 aromatic rings. The summed E-state index contributed by atoms with van der Waals surface area (Å²) in [6, 6.07) is 0. The van der Waals surface area contributed by atoms with Gasteiger partial charge in [0, 0.05) is 18.3 Å². The highest BCUT2D eigenvalue weighted by molar-refractivity contribution is 6.17. The van der Waals surface area contributed by atoms with Crippen molar-refractivity contribution in [2.24, 2.45) is 11.3 Å². The van der Waals surface area contributed by atoms with Crippen LogP contribution in [0.2, 0.25) is 0 Å². The summed E-state index contributed by atoms with van der Waals surface area (Å²) in [5.41, 5.74) is 0.250. The van der Waals surface area contributed by atoms with E-state index in [4.69, 9.17) is 11.6 Å². The van der Waals surface area contributed by atoms with Crippen LogP contribution in [0, 0.1) is 11.3 Å². The average Bonchev–Trinajstić information content (AvgIpc) is 2.75.